The minimum absolute atomic E-state index is 0.583. The maximum absolute atomic E-state index is 5.52. The van der Waals surface area contributed by atoms with Gasteiger partial charge in [0.15, 0.2) is 0 Å². The highest BCUT2D eigenvalue weighted by molar-refractivity contribution is 5.70. The van der Waals surface area contributed by atoms with Crippen LogP contribution in [0.1, 0.15) is 18.1 Å². The van der Waals surface area contributed by atoms with E-state index in [0.717, 1.165) is 17.9 Å². The van der Waals surface area contributed by atoms with E-state index in [4.69, 9.17) is 11.5 Å². The summed E-state index contributed by atoms with van der Waals surface area (Å²) in [7, 11) is 0. The number of benzene rings is 1. The molecule has 1 aromatic carbocycles. The lowest BCUT2D eigenvalue weighted by Crippen LogP contribution is -2.72. The van der Waals surface area contributed by atoms with Crippen LogP contribution in [0.15, 0.2) is 24.3 Å². The first-order valence-electron chi connectivity index (χ1n) is 4.33. The zero-order valence-electron chi connectivity index (χ0n) is 7.88. The lowest BCUT2D eigenvalue weighted by molar-refractivity contribution is -0.476. The monoisotopic (exact) mass is 178 g/mol. The molecule has 0 radical (unpaired) electrons. The van der Waals surface area contributed by atoms with Crippen LogP contribution in [0.3, 0.4) is 0 Å². The van der Waals surface area contributed by atoms with Crippen LogP contribution in [-0.4, -0.2) is 5.84 Å². The van der Waals surface area contributed by atoms with Gasteiger partial charge in [0.2, 0.25) is 5.84 Å². The number of hydrogen-bond donors (Lipinski definition) is 3. The summed E-state index contributed by atoms with van der Waals surface area (Å²) in [6.45, 7) is 3.18. The molecule has 0 aliphatic carbocycles. The first kappa shape index (κ1) is 9.74. The predicted molar refractivity (Wildman–Crippen MR) is 53.9 cm³/mol. The zero-order valence-corrected chi connectivity index (χ0v) is 7.88. The Morgan fingerprint density at radius 2 is 2.08 bits per heavy atom. The summed E-state index contributed by atoms with van der Waals surface area (Å²) in [4.78, 5) is 3.07. The second-order valence-electron chi connectivity index (χ2n) is 3.06. The summed E-state index contributed by atoms with van der Waals surface area (Å²) in [6, 6.07) is 8.15. The minimum Gasteiger partial charge on any atom is -0.326 e. The predicted octanol–water partition coefficient (Wildman–Crippen LogP) is -0.897. The number of nitrogens with one attached hydrogen (secondary N) is 1. The normalized spacial score (nSPS) is 11.7. The van der Waals surface area contributed by atoms with Crippen LogP contribution in [-0.2, 0) is 13.1 Å². The number of amidine groups is 1. The van der Waals surface area contributed by atoms with Crippen molar-refractivity contribution in [3.63, 3.8) is 0 Å². The Morgan fingerprint density at radius 3 is 2.69 bits per heavy atom. The van der Waals surface area contributed by atoms with Crippen LogP contribution < -0.4 is 16.5 Å². The van der Waals surface area contributed by atoms with Crippen molar-refractivity contribution in [3.8, 4) is 0 Å². The van der Waals surface area contributed by atoms with E-state index in [1.165, 1.54) is 5.56 Å². The molecule has 3 nitrogen and oxygen atoms in total. The molecule has 1 aromatic rings. The first-order valence-corrected chi connectivity index (χ1v) is 4.33. The van der Waals surface area contributed by atoms with Gasteiger partial charge in [-0.05, 0) is 11.1 Å². The maximum atomic E-state index is 5.52. The third-order valence-corrected chi connectivity index (χ3v) is 1.80. The summed E-state index contributed by atoms with van der Waals surface area (Å²) < 4.78 is 0. The minimum atomic E-state index is 0.583. The molecule has 0 unspecified atom stereocenters. The van der Waals surface area contributed by atoms with Gasteiger partial charge in [-0.1, -0.05) is 24.3 Å². The van der Waals surface area contributed by atoms with E-state index in [9.17, 15) is 0 Å². The molecule has 0 spiro atoms. The third kappa shape index (κ3) is 3.25. The van der Waals surface area contributed by atoms with Gasteiger partial charge < -0.3 is 5.73 Å². The number of hydrogen-bond acceptors (Lipinski definition) is 1. The van der Waals surface area contributed by atoms with Crippen molar-refractivity contribution in [2.24, 2.45) is 11.5 Å². The Hall–Kier alpha value is -1.35. The average Bonchev–Trinajstić information content (AvgIpc) is 2.15. The second-order valence-corrected chi connectivity index (χ2v) is 3.06. The van der Waals surface area contributed by atoms with E-state index >= 15 is 0 Å². The van der Waals surface area contributed by atoms with Crippen molar-refractivity contribution in [1.82, 2.24) is 0 Å². The van der Waals surface area contributed by atoms with Gasteiger partial charge in [-0.25, -0.2) is 0 Å². The van der Waals surface area contributed by atoms with Crippen LogP contribution in [0, 0.1) is 0 Å². The van der Waals surface area contributed by atoms with Crippen LogP contribution in [0.25, 0.3) is 0 Å². The van der Waals surface area contributed by atoms with Gasteiger partial charge in [-0.15, -0.1) is 0 Å². The molecular weight excluding hydrogens is 162 g/mol. The third-order valence-electron chi connectivity index (χ3n) is 1.80. The zero-order chi connectivity index (χ0) is 9.68. The fourth-order valence-electron chi connectivity index (χ4n) is 1.11. The maximum Gasteiger partial charge on any atom is 0.237 e. The molecule has 0 aliphatic rings. The highest BCUT2D eigenvalue weighted by Gasteiger charge is 1.94. The molecule has 0 fully saturated rings. The molecule has 70 valence electrons. The molecule has 0 saturated carbocycles. The van der Waals surface area contributed by atoms with E-state index in [-0.39, 0.29) is 0 Å². The molecule has 13 heavy (non-hydrogen) atoms. The molecule has 0 aromatic heterocycles. The van der Waals surface area contributed by atoms with Crippen molar-refractivity contribution in [2.75, 3.05) is 0 Å². The summed E-state index contributed by atoms with van der Waals surface area (Å²) in [5.41, 5.74) is 13.4. The molecule has 0 saturated heterocycles. The standard InChI is InChI=1S/C10H15N3/c1-8(12)13-7-10-4-2-3-9(5-10)6-11/h2-5H,6-7,11H2,1H3,(H2,12,13)/p+1. The van der Waals surface area contributed by atoms with E-state index in [1.54, 1.807) is 0 Å². The summed E-state index contributed by atoms with van der Waals surface area (Å²) in [6.07, 6.45) is 0. The molecule has 0 atom stereocenters. The summed E-state index contributed by atoms with van der Waals surface area (Å²) >= 11 is 0. The Morgan fingerprint density at radius 1 is 1.38 bits per heavy atom. The molecule has 0 amide bonds. The average molecular weight is 178 g/mol. The lowest BCUT2D eigenvalue weighted by Gasteiger charge is -1.99. The van der Waals surface area contributed by atoms with E-state index < -0.39 is 0 Å². The number of rotatable bonds is 3. The van der Waals surface area contributed by atoms with Crippen LogP contribution in [0.2, 0.25) is 0 Å². The van der Waals surface area contributed by atoms with Gasteiger partial charge in [0.1, 0.15) is 6.54 Å². The van der Waals surface area contributed by atoms with Gasteiger partial charge in [0.25, 0.3) is 0 Å². The molecule has 1 rings (SSSR count). The van der Waals surface area contributed by atoms with Crippen molar-refractivity contribution in [2.45, 2.75) is 20.0 Å². The quantitative estimate of drug-likeness (QED) is 0.415. The topological polar surface area (TPSA) is 66.0 Å². The largest absolute Gasteiger partial charge is 0.326 e. The fourth-order valence-corrected chi connectivity index (χ4v) is 1.11. The lowest BCUT2D eigenvalue weighted by atomic mass is 10.1. The SMILES string of the molecule is CC(N)=[NH+]Cc1cccc(CN)c1. The van der Waals surface area contributed by atoms with Crippen LogP contribution >= 0.6 is 0 Å². The van der Waals surface area contributed by atoms with Crippen molar-refractivity contribution in [1.29, 1.82) is 0 Å². The Balaban J connectivity index is 2.72. The highest BCUT2D eigenvalue weighted by atomic mass is 14.8. The van der Waals surface area contributed by atoms with Gasteiger partial charge in [0.05, 0.1) is 0 Å². The molecule has 0 heterocycles. The van der Waals surface area contributed by atoms with Gasteiger partial charge in [-0.2, -0.15) is 0 Å². The van der Waals surface area contributed by atoms with Gasteiger partial charge >= 0.3 is 0 Å². The number of nitrogens with two attached hydrogens (primary N) is 2. The summed E-state index contributed by atoms with van der Waals surface area (Å²) in [5.74, 6) is 0.734. The molecule has 0 bridgehead atoms. The summed E-state index contributed by atoms with van der Waals surface area (Å²) in [5, 5.41) is 0. The second kappa shape index (κ2) is 4.62. The van der Waals surface area contributed by atoms with E-state index in [1.807, 2.05) is 19.1 Å². The van der Waals surface area contributed by atoms with Crippen molar-refractivity contribution in [3.05, 3.63) is 35.4 Å². The van der Waals surface area contributed by atoms with Gasteiger partial charge in [-0.3, -0.25) is 10.7 Å². The fraction of sp³-hybridized carbons (Fsp3) is 0.300. The first-order chi connectivity index (χ1) is 6.22. The molecular formula is C10H16N3+. The van der Waals surface area contributed by atoms with Crippen LogP contribution in [0.5, 0.6) is 0 Å². The molecule has 0 aliphatic heterocycles. The van der Waals surface area contributed by atoms with Gasteiger partial charge in [0, 0.05) is 13.5 Å². The van der Waals surface area contributed by atoms with Crippen molar-refractivity contribution < 1.29 is 4.99 Å². The van der Waals surface area contributed by atoms with Crippen LogP contribution in [0.4, 0.5) is 0 Å². The smallest absolute Gasteiger partial charge is 0.237 e. The Kier molecular flexibility index (Phi) is 3.46. The Bertz CT molecular complexity index is 301. The van der Waals surface area contributed by atoms with E-state index in [0.29, 0.717) is 6.54 Å². The van der Waals surface area contributed by atoms with E-state index in [2.05, 4.69) is 17.1 Å². The Labute approximate surface area is 78.5 Å². The highest BCUT2D eigenvalue weighted by Crippen LogP contribution is 2.02. The molecule has 3 heteroatoms. The molecule has 5 N–H and O–H groups in total. The van der Waals surface area contributed by atoms with Crippen molar-refractivity contribution >= 4 is 5.84 Å².